The average Bonchev–Trinajstić information content (AvgIpc) is 1.98. The molecule has 0 N–H and O–H groups in total. The number of rotatable bonds is 6. The van der Waals surface area contributed by atoms with Gasteiger partial charge in [-0.25, -0.2) is 12.8 Å². The first-order chi connectivity index (χ1) is 6.27. The van der Waals surface area contributed by atoms with Crippen LogP contribution in [0.1, 0.15) is 6.42 Å². The third-order valence-corrected chi connectivity index (χ3v) is 1.83. The summed E-state index contributed by atoms with van der Waals surface area (Å²) in [5.41, 5.74) is 0. The summed E-state index contributed by atoms with van der Waals surface area (Å²) in [4.78, 5) is 0. The van der Waals surface area contributed by atoms with Crippen LogP contribution in [0.3, 0.4) is 0 Å². The van der Waals surface area contributed by atoms with E-state index in [1.54, 1.807) is 0 Å². The SMILES string of the molecule is O=S(=O)(OCCF)OCCC(F)(F)F. The summed E-state index contributed by atoms with van der Waals surface area (Å²) in [6.45, 7) is -2.91. The highest BCUT2D eigenvalue weighted by Gasteiger charge is 2.28. The normalized spacial score (nSPS) is 13.1. The van der Waals surface area contributed by atoms with Crippen molar-refractivity contribution in [3.05, 3.63) is 0 Å². The van der Waals surface area contributed by atoms with Gasteiger partial charge in [-0.05, 0) is 0 Å². The molecule has 4 nitrogen and oxygen atoms in total. The zero-order chi connectivity index (χ0) is 11.2. The maximum absolute atomic E-state index is 11.5. The average molecular weight is 240 g/mol. The number of halogens is 4. The smallest absolute Gasteiger partial charge is 0.249 e. The minimum absolute atomic E-state index is 0.769. The van der Waals surface area contributed by atoms with Gasteiger partial charge in [-0.2, -0.15) is 21.6 Å². The zero-order valence-electron chi connectivity index (χ0n) is 6.88. The van der Waals surface area contributed by atoms with Crippen LogP contribution in [0.15, 0.2) is 0 Å². The van der Waals surface area contributed by atoms with Crippen LogP contribution < -0.4 is 0 Å². The van der Waals surface area contributed by atoms with Crippen LogP contribution in [-0.2, 0) is 18.8 Å². The topological polar surface area (TPSA) is 52.6 Å². The van der Waals surface area contributed by atoms with Crippen LogP contribution in [0.4, 0.5) is 17.6 Å². The van der Waals surface area contributed by atoms with Crippen molar-refractivity contribution < 1.29 is 34.3 Å². The van der Waals surface area contributed by atoms with Gasteiger partial charge >= 0.3 is 16.6 Å². The molecule has 0 aliphatic heterocycles. The van der Waals surface area contributed by atoms with Gasteiger partial charge in [0.05, 0.1) is 19.6 Å². The van der Waals surface area contributed by atoms with Crippen LogP contribution in [0.5, 0.6) is 0 Å². The molecule has 0 atom stereocenters. The van der Waals surface area contributed by atoms with Crippen LogP contribution in [-0.4, -0.2) is 34.5 Å². The minimum atomic E-state index is -4.51. The second-order valence-electron chi connectivity index (χ2n) is 2.11. The molecule has 0 radical (unpaired) electrons. The van der Waals surface area contributed by atoms with Gasteiger partial charge in [-0.3, -0.25) is 0 Å². The molecule has 0 heterocycles. The maximum Gasteiger partial charge on any atom is 0.399 e. The van der Waals surface area contributed by atoms with Crippen molar-refractivity contribution in [2.24, 2.45) is 0 Å². The quantitative estimate of drug-likeness (QED) is 0.654. The Hall–Kier alpha value is -0.410. The Labute approximate surface area is 78.1 Å². The molecule has 0 aromatic carbocycles. The Balaban J connectivity index is 3.78. The standard InChI is InChI=1S/C5H8F4O4S/c6-2-4-13-14(10,11)12-3-1-5(7,8)9/h1-4H2. The number of alkyl halides is 4. The summed E-state index contributed by atoms with van der Waals surface area (Å²) < 4.78 is 74.5. The molecular formula is C5H8F4O4S. The molecule has 0 aliphatic carbocycles. The second kappa shape index (κ2) is 5.47. The van der Waals surface area contributed by atoms with Crippen LogP contribution in [0, 0.1) is 0 Å². The van der Waals surface area contributed by atoms with Gasteiger partial charge in [0.25, 0.3) is 0 Å². The molecule has 0 amide bonds. The van der Waals surface area contributed by atoms with E-state index in [0.29, 0.717) is 0 Å². The molecule has 0 fully saturated rings. The summed E-state index contributed by atoms with van der Waals surface area (Å²) in [5.74, 6) is 0. The summed E-state index contributed by atoms with van der Waals surface area (Å²) in [5, 5.41) is 0. The summed E-state index contributed by atoms with van der Waals surface area (Å²) >= 11 is 0. The van der Waals surface area contributed by atoms with E-state index < -0.39 is 42.9 Å². The monoisotopic (exact) mass is 240 g/mol. The largest absolute Gasteiger partial charge is 0.399 e. The molecule has 0 bridgehead atoms. The molecule has 0 rings (SSSR count). The molecule has 0 saturated heterocycles. The van der Waals surface area contributed by atoms with Gasteiger partial charge in [0, 0.05) is 0 Å². The van der Waals surface area contributed by atoms with E-state index >= 15 is 0 Å². The van der Waals surface area contributed by atoms with Crippen molar-refractivity contribution >= 4 is 10.4 Å². The predicted octanol–water partition coefficient (Wildman–Crippen LogP) is 1.19. The molecular weight excluding hydrogens is 232 g/mol. The molecule has 86 valence electrons. The number of hydrogen-bond acceptors (Lipinski definition) is 4. The number of hydrogen-bond donors (Lipinski definition) is 0. The molecule has 0 saturated carbocycles. The van der Waals surface area contributed by atoms with Crippen molar-refractivity contribution in [1.29, 1.82) is 0 Å². The molecule has 0 spiro atoms. The van der Waals surface area contributed by atoms with E-state index in [-0.39, 0.29) is 0 Å². The van der Waals surface area contributed by atoms with E-state index in [9.17, 15) is 26.0 Å². The van der Waals surface area contributed by atoms with Crippen molar-refractivity contribution in [1.82, 2.24) is 0 Å². The zero-order valence-corrected chi connectivity index (χ0v) is 7.70. The van der Waals surface area contributed by atoms with Crippen molar-refractivity contribution in [2.75, 3.05) is 19.9 Å². The summed E-state index contributed by atoms with van der Waals surface area (Å²) in [6.07, 6.45) is -5.92. The molecule has 0 aliphatic rings. The highest BCUT2D eigenvalue weighted by Crippen LogP contribution is 2.19. The minimum Gasteiger partial charge on any atom is -0.249 e. The third-order valence-electron chi connectivity index (χ3n) is 0.918. The van der Waals surface area contributed by atoms with E-state index in [2.05, 4.69) is 8.37 Å². The Bertz CT molecular complexity index is 247. The molecule has 0 unspecified atom stereocenters. The van der Waals surface area contributed by atoms with Crippen molar-refractivity contribution in [3.8, 4) is 0 Å². The van der Waals surface area contributed by atoms with Gasteiger partial charge in [-0.15, -0.1) is 0 Å². The van der Waals surface area contributed by atoms with Crippen molar-refractivity contribution in [3.63, 3.8) is 0 Å². The fourth-order valence-corrected chi connectivity index (χ4v) is 1.05. The van der Waals surface area contributed by atoms with Gasteiger partial charge in [0.15, 0.2) is 0 Å². The van der Waals surface area contributed by atoms with E-state index in [0.717, 1.165) is 0 Å². The van der Waals surface area contributed by atoms with E-state index in [1.165, 1.54) is 0 Å². The first-order valence-electron chi connectivity index (χ1n) is 3.43. The Morgan fingerprint density at radius 2 is 1.57 bits per heavy atom. The van der Waals surface area contributed by atoms with Crippen LogP contribution in [0.25, 0.3) is 0 Å². The Kier molecular flexibility index (Phi) is 5.31. The van der Waals surface area contributed by atoms with Crippen molar-refractivity contribution in [2.45, 2.75) is 12.6 Å². The first kappa shape index (κ1) is 13.6. The van der Waals surface area contributed by atoms with E-state index in [1.807, 2.05) is 0 Å². The van der Waals surface area contributed by atoms with Gasteiger partial charge < -0.3 is 0 Å². The predicted molar refractivity (Wildman–Crippen MR) is 37.5 cm³/mol. The van der Waals surface area contributed by atoms with Crippen LogP contribution in [0.2, 0.25) is 0 Å². The Morgan fingerprint density at radius 3 is 2.00 bits per heavy atom. The van der Waals surface area contributed by atoms with Gasteiger partial charge in [-0.1, -0.05) is 0 Å². The molecule has 0 aromatic rings. The molecule has 9 heteroatoms. The lowest BCUT2D eigenvalue weighted by Crippen LogP contribution is -2.17. The molecule has 14 heavy (non-hydrogen) atoms. The fourth-order valence-electron chi connectivity index (χ4n) is 0.427. The second-order valence-corrected chi connectivity index (χ2v) is 3.39. The van der Waals surface area contributed by atoms with Gasteiger partial charge in [0.2, 0.25) is 0 Å². The maximum atomic E-state index is 11.5. The fraction of sp³-hybridized carbons (Fsp3) is 1.00. The summed E-state index contributed by atoms with van der Waals surface area (Å²) in [6, 6.07) is 0. The lowest BCUT2D eigenvalue weighted by Gasteiger charge is -2.06. The summed E-state index contributed by atoms with van der Waals surface area (Å²) in [7, 11) is -4.51. The molecule has 0 aromatic heterocycles. The Morgan fingerprint density at radius 1 is 1.07 bits per heavy atom. The first-order valence-corrected chi connectivity index (χ1v) is 4.77. The van der Waals surface area contributed by atoms with Gasteiger partial charge in [0.1, 0.15) is 6.67 Å². The van der Waals surface area contributed by atoms with Crippen LogP contribution >= 0.6 is 0 Å². The highest BCUT2D eigenvalue weighted by molar-refractivity contribution is 7.81. The third kappa shape index (κ3) is 8.20. The lowest BCUT2D eigenvalue weighted by molar-refractivity contribution is -0.139. The highest BCUT2D eigenvalue weighted by atomic mass is 32.3. The lowest BCUT2D eigenvalue weighted by atomic mass is 10.5. The van der Waals surface area contributed by atoms with E-state index in [4.69, 9.17) is 0 Å².